The zero-order chi connectivity index (χ0) is 14.7. The van der Waals surface area contributed by atoms with Gasteiger partial charge in [0.05, 0.1) is 13.0 Å². The zero-order valence-electron chi connectivity index (χ0n) is 11.6. The maximum Gasteiger partial charge on any atom is 0.308 e. The van der Waals surface area contributed by atoms with E-state index in [0.29, 0.717) is 11.8 Å². The summed E-state index contributed by atoms with van der Waals surface area (Å²) >= 11 is 1.50. The van der Waals surface area contributed by atoms with Crippen LogP contribution in [0.15, 0.2) is 17.9 Å². The summed E-state index contributed by atoms with van der Waals surface area (Å²) in [5.74, 6) is 1.07. The molecule has 0 unspecified atom stereocenters. The highest BCUT2D eigenvalue weighted by atomic mass is 32.1. The Bertz CT molecular complexity index is 611. The molecule has 21 heavy (non-hydrogen) atoms. The average Bonchev–Trinajstić information content (AvgIpc) is 3.09. The molecule has 0 saturated carbocycles. The van der Waals surface area contributed by atoms with Crippen LogP contribution in [0.5, 0.6) is 0 Å². The van der Waals surface area contributed by atoms with Crippen LogP contribution in [0.3, 0.4) is 0 Å². The van der Waals surface area contributed by atoms with E-state index in [2.05, 4.69) is 24.8 Å². The summed E-state index contributed by atoms with van der Waals surface area (Å²) in [6, 6.07) is 0. The van der Waals surface area contributed by atoms with Crippen LogP contribution >= 0.6 is 11.3 Å². The molecule has 1 saturated heterocycles. The van der Waals surface area contributed by atoms with E-state index >= 15 is 0 Å². The Morgan fingerprint density at radius 3 is 2.81 bits per heavy atom. The lowest BCUT2D eigenvalue weighted by atomic mass is 9.97. The first-order chi connectivity index (χ1) is 10.3. The Morgan fingerprint density at radius 1 is 1.33 bits per heavy atom. The minimum atomic E-state index is -0.131. The summed E-state index contributed by atoms with van der Waals surface area (Å²) in [6.45, 7) is 1.47. The van der Waals surface area contributed by atoms with Gasteiger partial charge in [-0.05, 0) is 12.8 Å². The number of esters is 1. The largest absolute Gasteiger partial charge is 0.469 e. The highest BCUT2D eigenvalue weighted by Crippen LogP contribution is 2.23. The third-order valence-corrected chi connectivity index (χ3v) is 4.26. The Hall–Kier alpha value is -2.09. The van der Waals surface area contributed by atoms with Gasteiger partial charge in [-0.2, -0.15) is 4.98 Å². The predicted molar refractivity (Wildman–Crippen MR) is 77.9 cm³/mol. The number of nitrogens with zero attached hydrogens (tertiary/aromatic N) is 5. The van der Waals surface area contributed by atoms with E-state index in [-0.39, 0.29) is 11.9 Å². The number of anilines is 1. The van der Waals surface area contributed by atoms with Gasteiger partial charge in [0.15, 0.2) is 10.8 Å². The Morgan fingerprint density at radius 2 is 2.14 bits per heavy atom. The number of piperidine rings is 1. The molecule has 0 aromatic carbocycles. The quantitative estimate of drug-likeness (QED) is 0.792. The summed E-state index contributed by atoms with van der Waals surface area (Å²) in [6.07, 6.45) is 4.74. The molecule has 1 aliphatic rings. The fraction of sp³-hybridized carbons (Fsp3) is 0.462. The SMILES string of the molecule is COC(=O)C1CCN(c2ncnc(-c3nccs3)n2)CC1. The molecule has 2 aromatic heterocycles. The van der Waals surface area contributed by atoms with Gasteiger partial charge in [-0.1, -0.05) is 0 Å². The summed E-state index contributed by atoms with van der Waals surface area (Å²) in [4.78, 5) is 30.7. The first-order valence-electron chi connectivity index (χ1n) is 6.69. The maximum atomic E-state index is 11.5. The molecule has 0 radical (unpaired) electrons. The van der Waals surface area contributed by atoms with E-state index in [4.69, 9.17) is 4.74 Å². The molecule has 1 aliphatic heterocycles. The van der Waals surface area contributed by atoms with Crippen molar-refractivity contribution in [2.75, 3.05) is 25.1 Å². The smallest absolute Gasteiger partial charge is 0.308 e. The highest BCUT2D eigenvalue weighted by molar-refractivity contribution is 7.12. The summed E-state index contributed by atoms with van der Waals surface area (Å²) in [7, 11) is 1.43. The van der Waals surface area contributed by atoms with Crippen LogP contribution in [0.4, 0.5) is 5.95 Å². The number of carbonyl (C=O) groups excluding carboxylic acids is 1. The Balaban J connectivity index is 1.71. The van der Waals surface area contributed by atoms with E-state index < -0.39 is 0 Å². The lowest BCUT2D eigenvalue weighted by molar-refractivity contribution is -0.146. The van der Waals surface area contributed by atoms with E-state index in [0.717, 1.165) is 30.9 Å². The molecule has 8 heteroatoms. The van der Waals surface area contributed by atoms with Gasteiger partial charge in [0.1, 0.15) is 6.33 Å². The van der Waals surface area contributed by atoms with Crippen molar-refractivity contribution in [2.45, 2.75) is 12.8 Å². The summed E-state index contributed by atoms with van der Waals surface area (Å²) < 4.78 is 4.79. The third-order valence-electron chi connectivity index (χ3n) is 3.50. The van der Waals surface area contributed by atoms with Crippen molar-refractivity contribution >= 4 is 23.3 Å². The number of rotatable bonds is 3. The van der Waals surface area contributed by atoms with Gasteiger partial charge >= 0.3 is 5.97 Å². The summed E-state index contributed by atoms with van der Waals surface area (Å²) in [5, 5.41) is 2.67. The number of hydrogen-bond acceptors (Lipinski definition) is 8. The number of methoxy groups -OCH3 is 1. The standard InChI is InChI=1S/C13H15N5O2S/c1-20-12(19)9-2-5-18(6-3-9)13-16-8-15-10(17-13)11-14-4-7-21-11/h4,7-9H,2-3,5-6H2,1H3. The number of ether oxygens (including phenoxy) is 1. The zero-order valence-corrected chi connectivity index (χ0v) is 12.4. The van der Waals surface area contributed by atoms with Crippen molar-refractivity contribution in [3.05, 3.63) is 17.9 Å². The topological polar surface area (TPSA) is 81.1 Å². The second kappa shape index (κ2) is 6.13. The monoisotopic (exact) mass is 305 g/mol. The second-order valence-corrected chi connectivity index (χ2v) is 5.63. The van der Waals surface area contributed by atoms with Gasteiger partial charge in [0, 0.05) is 24.7 Å². The maximum absolute atomic E-state index is 11.5. The van der Waals surface area contributed by atoms with Gasteiger partial charge in [0.2, 0.25) is 5.95 Å². The van der Waals surface area contributed by atoms with Gasteiger partial charge in [-0.15, -0.1) is 11.3 Å². The Kier molecular flexibility index (Phi) is 4.05. The molecule has 3 heterocycles. The van der Waals surface area contributed by atoms with Crippen LogP contribution in [0, 0.1) is 5.92 Å². The molecule has 0 atom stereocenters. The number of thiazole rings is 1. The fourth-order valence-corrected chi connectivity index (χ4v) is 2.93. The minimum Gasteiger partial charge on any atom is -0.469 e. The van der Waals surface area contributed by atoms with Crippen molar-refractivity contribution in [3.63, 3.8) is 0 Å². The van der Waals surface area contributed by atoms with E-state index in [1.807, 2.05) is 5.38 Å². The van der Waals surface area contributed by atoms with Gasteiger partial charge in [-0.3, -0.25) is 4.79 Å². The molecular formula is C13H15N5O2S. The van der Waals surface area contributed by atoms with Crippen LogP contribution in [0.25, 0.3) is 10.8 Å². The number of aromatic nitrogens is 4. The van der Waals surface area contributed by atoms with Crippen LogP contribution in [-0.4, -0.2) is 46.1 Å². The predicted octanol–water partition coefficient (Wildman–Crippen LogP) is 1.38. The Labute approximate surface area is 126 Å². The molecule has 0 amide bonds. The van der Waals surface area contributed by atoms with Crippen molar-refractivity contribution in [3.8, 4) is 10.8 Å². The summed E-state index contributed by atoms with van der Waals surface area (Å²) in [5.41, 5.74) is 0. The van der Waals surface area contributed by atoms with Crippen LogP contribution in [-0.2, 0) is 9.53 Å². The second-order valence-electron chi connectivity index (χ2n) is 4.73. The van der Waals surface area contributed by atoms with Crippen molar-refractivity contribution in [2.24, 2.45) is 5.92 Å². The molecular weight excluding hydrogens is 290 g/mol. The third kappa shape index (κ3) is 2.99. The van der Waals surface area contributed by atoms with Crippen LogP contribution < -0.4 is 4.90 Å². The van der Waals surface area contributed by atoms with E-state index in [1.165, 1.54) is 24.8 Å². The van der Waals surface area contributed by atoms with Gasteiger partial charge < -0.3 is 9.64 Å². The van der Waals surface area contributed by atoms with Gasteiger partial charge in [-0.25, -0.2) is 15.0 Å². The first-order valence-corrected chi connectivity index (χ1v) is 7.57. The molecule has 3 rings (SSSR count). The average molecular weight is 305 g/mol. The number of carbonyl (C=O) groups is 1. The molecule has 2 aromatic rings. The molecule has 110 valence electrons. The molecule has 0 N–H and O–H groups in total. The molecule has 0 spiro atoms. The fourth-order valence-electron chi connectivity index (χ4n) is 2.36. The highest BCUT2D eigenvalue weighted by Gasteiger charge is 2.26. The first kappa shape index (κ1) is 13.9. The normalized spacial score (nSPS) is 16.0. The van der Waals surface area contributed by atoms with Gasteiger partial charge in [0.25, 0.3) is 0 Å². The minimum absolute atomic E-state index is 0.0217. The molecule has 1 fully saturated rings. The van der Waals surface area contributed by atoms with Crippen LogP contribution in [0.1, 0.15) is 12.8 Å². The molecule has 7 nitrogen and oxygen atoms in total. The van der Waals surface area contributed by atoms with E-state index in [1.54, 1.807) is 6.20 Å². The van der Waals surface area contributed by atoms with Crippen molar-refractivity contribution < 1.29 is 9.53 Å². The van der Waals surface area contributed by atoms with Crippen molar-refractivity contribution in [1.82, 2.24) is 19.9 Å². The lowest BCUT2D eigenvalue weighted by Gasteiger charge is -2.30. The molecule has 0 bridgehead atoms. The van der Waals surface area contributed by atoms with Crippen LogP contribution in [0.2, 0.25) is 0 Å². The van der Waals surface area contributed by atoms with Crippen molar-refractivity contribution in [1.29, 1.82) is 0 Å². The lowest BCUT2D eigenvalue weighted by Crippen LogP contribution is -2.37. The number of hydrogen-bond donors (Lipinski definition) is 0. The van der Waals surface area contributed by atoms with E-state index in [9.17, 15) is 4.79 Å². The molecule has 0 aliphatic carbocycles.